The van der Waals surface area contributed by atoms with Crippen molar-refractivity contribution in [1.82, 2.24) is 0 Å². The van der Waals surface area contributed by atoms with Gasteiger partial charge in [0.25, 0.3) is 0 Å². The molecule has 0 aliphatic carbocycles. The summed E-state index contributed by atoms with van der Waals surface area (Å²) >= 11 is 0. The van der Waals surface area contributed by atoms with Crippen LogP contribution in [0.2, 0.25) is 0 Å². The molecule has 15 heavy (non-hydrogen) atoms. The molecule has 0 spiro atoms. The van der Waals surface area contributed by atoms with E-state index in [1.54, 1.807) is 0 Å². The maximum Gasteiger partial charge on any atom is 0.332 e. The van der Waals surface area contributed by atoms with E-state index in [1.165, 1.54) is 25.1 Å². The largest absolute Gasteiger partial charge is 0.488 e. The van der Waals surface area contributed by atoms with E-state index in [9.17, 15) is 9.18 Å². The summed E-state index contributed by atoms with van der Waals surface area (Å²) in [4.78, 5) is 10.9. The summed E-state index contributed by atoms with van der Waals surface area (Å²) in [6.07, 6.45) is 0. The minimum Gasteiger partial charge on any atom is -0.488 e. The second-order valence-corrected chi connectivity index (χ2v) is 3.69. The average molecular weight is 211 g/mol. The molecule has 4 nitrogen and oxygen atoms in total. The molecule has 5 heteroatoms. The van der Waals surface area contributed by atoms with Crippen molar-refractivity contribution in [1.29, 1.82) is 0 Å². The van der Waals surface area contributed by atoms with E-state index in [-0.39, 0.29) is 6.61 Å². The molecular weight excluding hydrogens is 201 g/mol. The molecule has 80 valence electrons. The van der Waals surface area contributed by atoms with Crippen LogP contribution in [-0.4, -0.2) is 23.2 Å². The van der Waals surface area contributed by atoms with Gasteiger partial charge in [0.05, 0.1) is 5.69 Å². The molecule has 1 aliphatic rings. The molecule has 0 saturated heterocycles. The number of nitrogens with one attached hydrogen (secondary N) is 1. The lowest BCUT2D eigenvalue weighted by Crippen LogP contribution is -2.50. The number of halogens is 1. The third kappa shape index (κ3) is 1.60. The van der Waals surface area contributed by atoms with E-state index in [0.717, 1.165) is 0 Å². The molecule has 0 fully saturated rings. The molecule has 0 amide bonds. The van der Waals surface area contributed by atoms with Gasteiger partial charge in [-0.15, -0.1) is 0 Å². The lowest BCUT2D eigenvalue weighted by atomic mass is 10.0. The van der Waals surface area contributed by atoms with Gasteiger partial charge in [0.1, 0.15) is 18.2 Å². The number of hydrogen-bond acceptors (Lipinski definition) is 3. The van der Waals surface area contributed by atoms with Crippen LogP contribution in [0, 0.1) is 5.82 Å². The van der Waals surface area contributed by atoms with Crippen LogP contribution >= 0.6 is 0 Å². The van der Waals surface area contributed by atoms with Crippen LogP contribution in [0.25, 0.3) is 0 Å². The van der Waals surface area contributed by atoms with Crippen LogP contribution in [0.3, 0.4) is 0 Å². The Labute approximate surface area is 85.7 Å². The maximum atomic E-state index is 12.9. The highest BCUT2D eigenvalue weighted by molar-refractivity contribution is 5.84. The second-order valence-electron chi connectivity index (χ2n) is 3.69. The number of carboxylic acid groups (broad SMARTS) is 1. The highest BCUT2D eigenvalue weighted by Crippen LogP contribution is 2.32. The van der Waals surface area contributed by atoms with Gasteiger partial charge in [-0.3, -0.25) is 0 Å². The van der Waals surface area contributed by atoms with Gasteiger partial charge in [-0.25, -0.2) is 9.18 Å². The van der Waals surface area contributed by atoms with E-state index < -0.39 is 17.3 Å². The molecule has 1 aliphatic heterocycles. The number of anilines is 1. The predicted octanol–water partition coefficient (Wildman–Crippen LogP) is 1.47. The highest BCUT2D eigenvalue weighted by atomic mass is 19.1. The fraction of sp³-hybridized carbons (Fsp3) is 0.300. The summed E-state index contributed by atoms with van der Waals surface area (Å²) in [5, 5.41) is 11.7. The molecule has 0 radical (unpaired) electrons. The van der Waals surface area contributed by atoms with Crippen molar-refractivity contribution < 1.29 is 19.0 Å². The van der Waals surface area contributed by atoms with Crippen LogP contribution in [0.4, 0.5) is 10.1 Å². The van der Waals surface area contributed by atoms with Crippen molar-refractivity contribution in [2.24, 2.45) is 0 Å². The molecule has 1 heterocycles. The smallest absolute Gasteiger partial charge is 0.332 e. The first-order chi connectivity index (χ1) is 7.01. The van der Waals surface area contributed by atoms with Gasteiger partial charge < -0.3 is 15.2 Å². The van der Waals surface area contributed by atoms with Gasteiger partial charge in [0, 0.05) is 6.07 Å². The van der Waals surface area contributed by atoms with E-state index in [2.05, 4.69) is 5.32 Å². The summed E-state index contributed by atoms with van der Waals surface area (Å²) in [6.45, 7) is 1.50. The predicted molar refractivity (Wildman–Crippen MR) is 51.6 cm³/mol. The summed E-state index contributed by atoms with van der Waals surface area (Å²) in [5.74, 6) is -0.993. The Hall–Kier alpha value is -1.78. The zero-order chi connectivity index (χ0) is 11.1. The first-order valence-corrected chi connectivity index (χ1v) is 4.45. The summed E-state index contributed by atoms with van der Waals surface area (Å²) < 4.78 is 18.1. The number of carboxylic acids is 1. The van der Waals surface area contributed by atoms with Crippen molar-refractivity contribution in [2.75, 3.05) is 11.9 Å². The molecule has 2 rings (SSSR count). The Morgan fingerprint density at radius 1 is 1.67 bits per heavy atom. The lowest BCUT2D eigenvalue weighted by Gasteiger charge is -2.33. The van der Waals surface area contributed by atoms with E-state index in [0.29, 0.717) is 11.4 Å². The van der Waals surface area contributed by atoms with Crippen molar-refractivity contribution in [3.63, 3.8) is 0 Å². The zero-order valence-electron chi connectivity index (χ0n) is 8.08. The highest BCUT2D eigenvalue weighted by Gasteiger charge is 2.38. The average Bonchev–Trinajstić information content (AvgIpc) is 2.16. The third-order valence-corrected chi connectivity index (χ3v) is 2.34. The molecule has 1 atom stereocenters. The zero-order valence-corrected chi connectivity index (χ0v) is 8.08. The standard InChI is InChI=1S/C10H10FNO3/c1-10(9(13)14)5-15-8-3-2-6(11)4-7(8)12-10/h2-4,12H,5H2,1H3,(H,13,14). The quantitative estimate of drug-likeness (QED) is 0.738. The molecule has 0 bridgehead atoms. The molecule has 0 saturated carbocycles. The van der Waals surface area contributed by atoms with Crippen molar-refractivity contribution in [3.8, 4) is 5.75 Å². The van der Waals surface area contributed by atoms with E-state index in [1.807, 2.05) is 0 Å². The Morgan fingerprint density at radius 2 is 2.40 bits per heavy atom. The van der Waals surface area contributed by atoms with Crippen molar-refractivity contribution >= 4 is 11.7 Å². The van der Waals surface area contributed by atoms with Gasteiger partial charge in [-0.2, -0.15) is 0 Å². The summed E-state index contributed by atoms with van der Waals surface area (Å²) in [7, 11) is 0. The number of fused-ring (bicyclic) bond motifs is 1. The SMILES string of the molecule is CC1(C(=O)O)COc2ccc(F)cc2N1. The van der Waals surface area contributed by atoms with Crippen LogP contribution in [0.5, 0.6) is 5.75 Å². The van der Waals surface area contributed by atoms with Crippen LogP contribution in [0.1, 0.15) is 6.92 Å². The van der Waals surface area contributed by atoms with E-state index >= 15 is 0 Å². The number of benzene rings is 1. The first-order valence-electron chi connectivity index (χ1n) is 4.45. The number of rotatable bonds is 1. The Balaban J connectivity index is 2.37. The van der Waals surface area contributed by atoms with Crippen molar-refractivity contribution in [3.05, 3.63) is 24.0 Å². The normalized spacial score (nSPS) is 23.6. The van der Waals surface area contributed by atoms with Gasteiger partial charge in [-0.05, 0) is 19.1 Å². The van der Waals surface area contributed by atoms with Crippen LogP contribution in [-0.2, 0) is 4.79 Å². The molecular formula is C10H10FNO3. The lowest BCUT2D eigenvalue weighted by molar-refractivity contribution is -0.143. The molecule has 1 unspecified atom stereocenters. The molecule has 1 aromatic rings. The monoisotopic (exact) mass is 211 g/mol. The molecule has 1 aromatic carbocycles. The van der Waals surface area contributed by atoms with Crippen LogP contribution < -0.4 is 10.1 Å². The molecule has 0 aromatic heterocycles. The second kappa shape index (κ2) is 3.12. The minimum absolute atomic E-state index is 0.0148. The van der Waals surface area contributed by atoms with Gasteiger partial charge in [0.15, 0.2) is 5.54 Å². The number of ether oxygens (including phenoxy) is 1. The van der Waals surface area contributed by atoms with E-state index in [4.69, 9.17) is 9.84 Å². The summed E-state index contributed by atoms with van der Waals surface area (Å²) in [6, 6.07) is 3.96. The van der Waals surface area contributed by atoms with Crippen molar-refractivity contribution in [2.45, 2.75) is 12.5 Å². The maximum absolute atomic E-state index is 12.9. The Bertz CT molecular complexity index is 421. The first kappa shape index (κ1) is 9.76. The summed E-state index contributed by atoms with van der Waals surface area (Å²) in [5.41, 5.74) is -0.841. The minimum atomic E-state index is -1.21. The topological polar surface area (TPSA) is 58.6 Å². The fourth-order valence-corrected chi connectivity index (χ4v) is 1.40. The van der Waals surface area contributed by atoms with Gasteiger partial charge in [-0.1, -0.05) is 0 Å². The number of aliphatic carboxylic acids is 1. The Morgan fingerprint density at radius 3 is 3.07 bits per heavy atom. The number of carbonyl (C=O) groups is 1. The third-order valence-electron chi connectivity index (χ3n) is 2.34. The van der Waals surface area contributed by atoms with Gasteiger partial charge >= 0.3 is 5.97 Å². The fourth-order valence-electron chi connectivity index (χ4n) is 1.40. The molecule has 2 N–H and O–H groups in total. The van der Waals surface area contributed by atoms with Gasteiger partial charge in [0.2, 0.25) is 0 Å². The number of hydrogen-bond donors (Lipinski definition) is 2. The Kier molecular flexibility index (Phi) is 2.03. The van der Waals surface area contributed by atoms with Crippen LogP contribution in [0.15, 0.2) is 18.2 Å².